The van der Waals surface area contributed by atoms with E-state index in [0.29, 0.717) is 27.9 Å². The number of hydrogen-bond donors (Lipinski definition) is 1. The quantitative estimate of drug-likeness (QED) is 0.294. The molecule has 0 fully saturated rings. The fourth-order valence-corrected chi connectivity index (χ4v) is 5.92. The molecule has 0 radical (unpaired) electrons. The molecule has 0 spiro atoms. The highest BCUT2D eigenvalue weighted by Gasteiger charge is 2.35. The van der Waals surface area contributed by atoms with E-state index in [4.69, 9.17) is 21.1 Å². The largest absolute Gasteiger partial charge is 0.490 e. The van der Waals surface area contributed by atoms with Crippen LogP contribution < -0.4 is 14.8 Å². The van der Waals surface area contributed by atoms with Gasteiger partial charge in [-0.25, -0.2) is 31.6 Å². The molecule has 1 amide bonds. The highest BCUT2D eigenvalue weighted by atomic mass is 35.5. The van der Waals surface area contributed by atoms with Gasteiger partial charge in [-0.2, -0.15) is 0 Å². The number of nitrogens with zero attached hydrogens (tertiary/aromatic N) is 3. The van der Waals surface area contributed by atoms with Crippen molar-refractivity contribution < 1.29 is 35.9 Å². The third-order valence-corrected chi connectivity index (χ3v) is 8.33. The minimum Gasteiger partial charge on any atom is -0.490 e. The van der Waals surface area contributed by atoms with Gasteiger partial charge in [0.25, 0.3) is 12.3 Å². The third kappa shape index (κ3) is 5.77. The number of hydrogen-bond acceptors (Lipinski definition) is 8. The summed E-state index contributed by atoms with van der Waals surface area (Å²) in [4.78, 5) is 25.3. The summed E-state index contributed by atoms with van der Waals surface area (Å²) >= 11 is 6.18. The maximum absolute atomic E-state index is 14.2. The minimum absolute atomic E-state index is 0.0320. The maximum Gasteiger partial charge on any atom is 0.280 e. The number of halogens is 4. The minimum atomic E-state index is -4.40. The zero-order valence-electron chi connectivity index (χ0n) is 21.4. The maximum atomic E-state index is 14.2. The molecular weight excluding hydrogens is 585 g/mol. The van der Waals surface area contributed by atoms with Gasteiger partial charge in [-0.1, -0.05) is 11.6 Å². The monoisotopic (exact) mass is 606 g/mol. The number of sulfone groups is 1. The number of pyridine rings is 3. The van der Waals surface area contributed by atoms with E-state index in [2.05, 4.69) is 20.3 Å². The van der Waals surface area contributed by atoms with Gasteiger partial charge in [-0.3, -0.25) is 9.78 Å². The Kier molecular flexibility index (Phi) is 8.00. The Bertz CT molecular complexity index is 1760. The average molecular weight is 607 g/mol. The number of carbonyl (C=O) groups excluding carboxylic acids is 1. The zero-order chi connectivity index (χ0) is 29.3. The standard InChI is InChI=1S/C27H22ClF3N4O5S/c1-2-39-27-17(4-6-20(35-27)25(30)31)19-5-3-14-12-32-16(11-21(14)34-19)13-33-26(36)15-9-18(28)24-22(10-15)41(37,38)23(29)7-8-40-24/h3-6,9-12,23,25H,2,7-8,13H2,1H3,(H,33,36). The lowest BCUT2D eigenvalue weighted by Gasteiger charge is -2.12. The number of amides is 1. The first kappa shape index (κ1) is 28.6. The van der Waals surface area contributed by atoms with Crippen LogP contribution in [0.15, 0.2) is 53.6 Å². The van der Waals surface area contributed by atoms with Crippen molar-refractivity contribution in [2.24, 2.45) is 0 Å². The SMILES string of the molecule is CCOc1nc(C(F)F)ccc1-c1ccc2cnc(CNC(=O)c3cc(Cl)c4c(c3)S(=O)(=O)C(F)CCO4)cc2n1. The number of alkyl halides is 3. The van der Waals surface area contributed by atoms with Gasteiger partial charge < -0.3 is 14.8 Å². The topological polar surface area (TPSA) is 120 Å². The van der Waals surface area contributed by atoms with E-state index in [9.17, 15) is 26.4 Å². The van der Waals surface area contributed by atoms with Crippen LogP contribution in [0.2, 0.25) is 5.02 Å². The lowest BCUT2D eigenvalue weighted by molar-refractivity contribution is 0.0950. The van der Waals surface area contributed by atoms with Gasteiger partial charge in [0.05, 0.1) is 47.2 Å². The van der Waals surface area contributed by atoms with Crippen LogP contribution in [0.25, 0.3) is 22.2 Å². The van der Waals surface area contributed by atoms with Crippen molar-refractivity contribution in [1.29, 1.82) is 0 Å². The van der Waals surface area contributed by atoms with Gasteiger partial charge in [0.2, 0.25) is 21.2 Å². The van der Waals surface area contributed by atoms with Crippen molar-refractivity contribution in [1.82, 2.24) is 20.3 Å². The number of ether oxygens (including phenoxy) is 2. The molecule has 1 aliphatic heterocycles. The van der Waals surface area contributed by atoms with E-state index in [1.165, 1.54) is 18.2 Å². The Balaban J connectivity index is 1.39. The van der Waals surface area contributed by atoms with Crippen molar-refractivity contribution in [3.63, 3.8) is 0 Å². The number of fused-ring (bicyclic) bond motifs is 2. The molecule has 214 valence electrons. The molecule has 9 nitrogen and oxygen atoms in total. The highest BCUT2D eigenvalue weighted by Crippen LogP contribution is 2.38. The first-order chi connectivity index (χ1) is 19.6. The fourth-order valence-electron chi connectivity index (χ4n) is 4.19. The van der Waals surface area contributed by atoms with Crippen LogP contribution in [-0.4, -0.2) is 48.0 Å². The summed E-state index contributed by atoms with van der Waals surface area (Å²) in [6.45, 7) is 1.70. The van der Waals surface area contributed by atoms with Crippen molar-refractivity contribution in [2.75, 3.05) is 13.2 Å². The summed E-state index contributed by atoms with van der Waals surface area (Å²) in [5.41, 5.74) is -0.895. The van der Waals surface area contributed by atoms with E-state index in [0.717, 1.165) is 6.07 Å². The van der Waals surface area contributed by atoms with Gasteiger partial charge >= 0.3 is 0 Å². The van der Waals surface area contributed by atoms with E-state index in [1.807, 2.05) is 0 Å². The summed E-state index contributed by atoms with van der Waals surface area (Å²) in [6.07, 6.45) is -1.56. The molecule has 1 N–H and O–H groups in total. The van der Waals surface area contributed by atoms with Crippen LogP contribution in [0.5, 0.6) is 11.6 Å². The molecule has 0 saturated carbocycles. The Morgan fingerprint density at radius 3 is 2.76 bits per heavy atom. The molecule has 1 aliphatic rings. The number of nitrogens with one attached hydrogen (secondary N) is 1. The normalized spacial score (nSPS) is 16.1. The summed E-state index contributed by atoms with van der Waals surface area (Å²) in [6, 6.07) is 10.0. The third-order valence-electron chi connectivity index (χ3n) is 6.23. The highest BCUT2D eigenvalue weighted by molar-refractivity contribution is 7.92. The predicted molar refractivity (Wildman–Crippen MR) is 144 cm³/mol. The number of rotatable bonds is 7. The molecule has 0 saturated heterocycles. The fraction of sp³-hybridized carbons (Fsp3) is 0.259. The van der Waals surface area contributed by atoms with E-state index in [-0.39, 0.29) is 48.4 Å². The average Bonchev–Trinajstić information content (AvgIpc) is 3.06. The van der Waals surface area contributed by atoms with Gasteiger partial charge in [0, 0.05) is 23.6 Å². The van der Waals surface area contributed by atoms with E-state index < -0.39 is 38.3 Å². The van der Waals surface area contributed by atoms with Crippen molar-refractivity contribution in [2.45, 2.75) is 36.7 Å². The van der Waals surface area contributed by atoms with Crippen LogP contribution in [0.3, 0.4) is 0 Å². The Morgan fingerprint density at radius 1 is 1.20 bits per heavy atom. The molecule has 5 rings (SSSR count). The second-order valence-corrected chi connectivity index (χ2v) is 11.4. The molecule has 3 aromatic heterocycles. The van der Waals surface area contributed by atoms with Crippen LogP contribution >= 0.6 is 11.6 Å². The van der Waals surface area contributed by atoms with Crippen molar-refractivity contribution in [3.8, 4) is 22.9 Å². The molecular formula is C27H22ClF3N4O5S. The molecule has 1 unspecified atom stereocenters. The summed E-state index contributed by atoms with van der Waals surface area (Å²) in [7, 11) is -4.40. The van der Waals surface area contributed by atoms with Crippen LogP contribution in [0.4, 0.5) is 13.2 Å². The summed E-state index contributed by atoms with van der Waals surface area (Å²) in [5.74, 6) is -0.822. The Labute approximate surface area is 237 Å². The number of aromatic nitrogens is 3. The van der Waals surface area contributed by atoms with Gasteiger partial charge in [-0.15, -0.1) is 0 Å². The van der Waals surface area contributed by atoms with E-state index >= 15 is 0 Å². The van der Waals surface area contributed by atoms with Crippen LogP contribution in [0, 0.1) is 0 Å². The first-order valence-electron chi connectivity index (χ1n) is 12.4. The second-order valence-electron chi connectivity index (χ2n) is 8.95. The Hall–Kier alpha value is -3.97. The molecule has 0 aliphatic carbocycles. The molecule has 41 heavy (non-hydrogen) atoms. The van der Waals surface area contributed by atoms with Crippen LogP contribution in [0.1, 0.15) is 41.5 Å². The molecule has 0 bridgehead atoms. The molecule has 4 aromatic rings. The lowest BCUT2D eigenvalue weighted by atomic mass is 10.1. The predicted octanol–water partition coefficient (Wildman–Crippen LogP) is 5.46. The molecule has 1 aromatic carbocycles. The molecule has 1 atom stereocenters. The number of carbonyl (C=O) groups is 1. The van der Waals surface area contributed by atoms with Gasteiger partial charge in [-0.05, 0) is 49.4 Å². The summed E-state index contributed by atoms with van der Waals surface area (Å²) < 4.78 is 76.5. The smallest absolute Gasteiger partial charge is 0.280 e. The van der Waals surface area contributed by atoms with Gasteiger partial charge in [0.1, 0.15) is 10.6 Å². The lowest BCUT2D eigenvalue weighted by Crippen LogP contribution is -2.24. The zero-order valence-corrected chi connectivity index (χ0v) is 23.0. The first-order valence-corrected chi connectivity index (χ1v) is 14.3. The number of benzene rings is 1. The van der Waals surface area contributed by atoms with E-state index in [1.54, 1.807) is 31.3 Å². The van der Waals surface area contributed by atoms with Gasteiger partial charge in [0.15, 0.2) is 5.75 Å². The Morgan fingerprint density at radius 2 is 2.00 bits per heavy atom. The van der Waals surface area contributed by atoms with Crippen molar-refractivity contribution >= 4 is 38.2 Å². The second kappa shape index (κ2) is 11.5. The van der Waals surface area contributed by atoms with Crippen molar-refractivity contribution in [3.05, 3.63) is 70.6 Å². The van der Waals surface area contributed by atoms with Crippen LogP contribution in [-0.2, 0) is 16.4 Å². The molecule has 14 heteroatoms. The molecule has 4 heterocycles. The summed E-state index contributed by atoms with van der Waals surface area (Å²) in [5, 5.41) is 3.19.